The second-order valence-electron chi connectivity index (χ2n) is 4.17. The molecular formula is C12H16ClN3OS. The maximum Gasteiger partial charge on any atom is 0.243 e. The van der Waals surface area contributed by atoms with E-state index in [0.717, 1.165) is 22.7 Å². The molecule has 1 amide bonds. The molecule has 0 unspecified atom stereocenters. The Morgan fingerprint density at radius 3 is 2.89 bits per heavy atom. The second kappa shape index (κ2) is 5.73. The molecule has 2 heterocycles. The van der Waals surface area contributed by atoms with Gasteiger partial charge in [-0.2, -0.15) is 0 Å². The summed E-state index contributed by atoms with van der Waals surface area (Å²) in [7, 11) is 0. The van der Waals surface area contributed by atoms with Crippen molar-refractivity contribution in [1.82, 2.24) is 10.4 Å². The quantitative estimate of drug-likeness (QED) is 0.862. The molecule has 1 aliphatic rings. The molecule has 1 N–H and O–H groups in total. The van der Waals surface area contributed by atoms with Gasteiger partial charge in [-0.05, 0) is 24.8 Å². The van der Waals surface area contributed by atoms with E-state index in [1.165, 1.54) is 0 Å². The number of nitrogens with one attached hydrogen (secondary N) is 1. The summed E-state index contributed by atoms with van der Waals surface area (Å²) in [6.07, 6.45) is 3.88. The van der Waals surface area contributed by atoms with Gasteiger partial charge in [-0.3, -0.25) is 9.69 Å². The van der Waals surface area contributed by atoms with Crippen molar-refractivity contribution in [2.75, 3.05) is 24.0 Å². The number of alkyl halides is 1. The molecule has 0 fully saturated rings. The number of carbonyl (C=O) groups is 1. The van der Waals surface area contributed by atoms with Gasteiger partial charge in [-0.15, -0.1) is 22.9 Å². The molecule has 1 aliphatic heterocycles. The zero-order valence-electron chi connectivity index (χ0n) is 10.4. The van der Waals surface area contributed by atoms with Crippen LogP contribution >= 0.6 is 22.9 Å². The number of hydrogen-bond acceptors (Lipinski definition) is 4. The van der Waals surface area contributed by atoms with Crippen molar-refractivity contribution >= 4 is 34.5 Å². The van der Waals surface area contributed by atoms with Crippen molar-refractivity contribution in [3.63, 3.8) is 0 Å². The molecule has 0 aliphatic carbocycles. The van der Waals surface area contributed by atoms with E-state index in [1.54, 1.807) is 16.2 Å². The van der Waals surface area contributed by atoms with Crippen LogP contribution in [0, 0.1) is 13.8 Å². The van der Waals surface area contributed by atoms with Crippen LogP contribution in [0.15, 0.2) is 17.7 Å². The smallest absolute Gasteiger partial charge is 0.243 e. The number of amides is 1. The lowest BCUT2D eigenvalue weighted by Crippen LogP contribution is -2.45. The summed E-state index contributed by atoms with van der Waals surface area (Å²) in [6.45, 7) is 5.32. The van der Waals surface area contributed by atoms with Gasteiger partial charge in [0.1, 0.15) is 5.88 Å². The molecular weight excluding hydrogens is 270 g/mol. The Balaban J connectivity index is 2.22. The Kier molecular flexibility index (Phi) is 4.27. The average Bonchev–Trinajstić information content (AvgIpc) is 2.97. The summed E-state index contributed by atoms with van der Waals surface area (Å²) in [5, 5.41) is 4.02. The number of hydrazine groups is 1. The third-order valence-electron chi connectivity index (χ3n) is 2.82. The molecule has 0 radical (unpaired) electrons. The number of rotatable bonds is 4. The molecule has 0 saturated heterocycles. The molecule has 1 aromatic heterocycles. The molecule has 18 heavy (non-hydrogen) atoms. The van der Waals surface area contributed by atoms with Crippen LogP contribution in [-0.4, -0.2) is 30.0 Å². The van der Waals surface area contributed by atoms with Crippen molar-refractivity contribution in [2.45, 2.75) is 13.8 Å². The van der Waals surface area contributed by atoms with Gasteiger partial charge in [0.05, 0.1) is 12.4 Å². The van der Waals surface area contributed by atoms with Crippen LogP contribution in [0.1, 0.15) is 10.4 Å². The van der Waals surface area contributed by atoms with Crippen LogP contribution in [0.5, 0.6) is 0 Å². The van der Waals surface area contributed by atoms with E-state index in [4.69, 9.17) is 11.6 Å². The topological polar surface area (TPSA) is 35.6 Å². The molecule has 0 bridgehead atoms. The van der Waals surface area contributed by atoms with E-state index in [0.29, 0.717) is 6.67 Å². The highest BCUT2D eigenvalue weighted by molar-refractivity contribution is 7.10. The highest BCUT2D eigenvalue weighted by Gasteiger charge is 2.22. The highest BCUT2D eigenvalue weighted by Crippen LogP contribution is 2.30. The minimum atomic E-state index is -0.0741. The highest BCUT2D eigenvalue weighted by atomic mass is 35.5. The second-order valence-corrected chi connectivity index (χ2v) is 5.53. The van der Waals surface area contributed by atoms with Gasteiger partial charge in [0.2, 0.25) is 5.91 Å². The van der Waals surface area contributed by atoms with E-state index in [2.05, 4.69) is 10.8 Å². The van der Waals surface area contributed by atoms with Gasteiger partial charge in [0.15, 0.2) is 0 Å². The lowest BCUT2D eigenvalue weighted by Gasteiger charge is -2.28. The zero-order chi connectivity index (χ0) is 13.1. The van der Waals surface area contributed by atoms with E-state index >= 15 is 0 Å². The molecule has 1 aromatic rings. The Bertz CT molecular complexity index is 444. The van der Waals surface area contributed by atoms with E-state index in [1.807, 2.05) is 31.1 Å². The third kappa shape index (κ3) is 2.68. The summed E-state index contributed by atoms with van der Waals surface area (Å²) in [5.74, 6) is -0.0781. The Labute approximate surface area is 116 Å². The van der Waals surface area contributed by atoms with Gasteiger partial charge in [0, 0.05) is 17.6 Å². The van der Waals surface area contributed by atoms with Crippen LogP contribution in [0.4, 0.5) is 5.69 Å². The van der Waals surface area contributed by atoms with Crippen LogP contribution in [0.25, 0.3) is 0 Å². The van der Waals surface area contributed by atoms with Crippen LogP contribution in [0.3, 0.4) is 0 Å². The normalized spacial score (nSPS) is 14.8. The Morgan fingerprint density at radius 1 is 1.61 bits per heavy atom. The first kappa shape index (κ1) is 13.4. The largest absolute Gasteiger partial charge is 0.324 e. The molecule has 98 valence electrons. The summed E-state index contributed by atoms with van der Waals surface area (Å²) in [4.78, 5) is 14.9. The minimum Gasteiger partial charge on any atom is -0.324 e. The lowest BCUT2D eigenvalue weighted by molar-refractivity contribution is -0.116. The Hall–Kier alpha value is -1.04. The number of thiophene rings is 1. The maximum absolute atomic E-state index is 12.0. The monoisotopic (exact) mass is 285 g/mol. The number of halogens is 1. The molecule has 6 heteroatoms. The first-order valence-electron chi connectivity index (χ1n) is 5.70. The van der Waals surface area contributed by atoms with E-state index in [9.17, 15) is 4.79 Å². The molecule has 2 rings (SSSR count). The standard InChI is InChI=1S/C12H16ClN3OS/c1-9-7-18-10(2)12(9)16(11(17)6-13)8-15-5-3-4-14-15/h3-4,7,14H,5-6,8H2,1-2H3. The van der Waals surface area contributed by atoms with Crippen LogP contribution in [0.2, 0.25) is 0 Å². The third-order valence-corrected chi connectivity index (χ3v) is 4.06. The van der Waals surface area contributed by atoms with Crippen molar-refractivity contribution in [3.8, 4) is 0 Å². The van der Waals surface area contributed by atoms with Crippen molar-refractivity contribution in [2.24, 2.45) is 0 Å². The van der Waals surface area contributed by atoms with E-state index in [-0.39, 0.29) is 11.8 Å². The summed E-state index contributed by atoms with van der Waals surface area (Å²) in [6, 6.07) is 0. The number of nitrogens with zero attached hydrogens (tertiary/aromatic N) is 2. The average molecular weight is 286 g/mol. The fourth-order valence-electron chi connectivity index (χ4n) is 1.98. The van der Waals surface area contributed by atoms with Crippen LogP contribution < -0.4 is 10.3 Å². The van der Waals surface area contributed by atoms with Gasteiger partial charge in [0.25, 0.3) is 0 Å². The van der Waals surface area contributed by atoms with Crippen molar-refractivity contribution < 1.29 is 4.79 Å². The van der Waals surface area contributed by atoms with Gasteiger partial charge in [-0.25, -0.2) is 5.01 Å². The molecule has 4 nitrogen and oxygen atoms in total. The number of anilines is 1. The molecule has 0 atom stereocenters. The van der Waals surface area contributed by atoms with Crippen molar-refractivity contribution in [1.29, 1.82) is 0 Å². The van der Waals surface area contributed by atoms with Crippen LogP contribution in [-0.2, 0) is 4.79 Å². The number of hydrogen-bond donors (Lipinski definition) is 1. The molecule has 0 spiro atoms. The SMILES string of the molecule is Cc1csc(C)c1N(CN1CC=CN1)C(=O)CCl. The summed E-state index contributed by atoms with van der Waals surface area (Å²) in [5.41, 5.74) is 5.19. The first-order chi connectivity index (χ1) is 8.63. The maximum atomic E-state index is 12.0. The van der Waals surface area contributed by atoms with E-state index < -0.39 is 0 Å². The molecule has 0 saturated carbocycles. The number of carbonyl (C=O) groups excluding carboxylic acids is 1. The summed E-state index contributed by atoms with van der Waals surface area (Å²) < 4.78 is 0. The van der Waals surface area contributed by atoms with Gasteiger partial charge >= 0.3 is 0 Å². The number of aryl methyl sites for hydroxylation is 2. The fourth-order valence-corrected chi connectivity index (χ4v) is 2.97. The summed E-state index contributed by atoms with van der Waals surface area (Å²) >= 11 is 7.37. The predicted octanol–water partition coefficient (Wildman–Crippen LogP) is 2.23. The predicted molar refractivity (Wildman–Crippen MR) is 75.8 cm³/mol. The first-order valence-corrected chi connectivity index (χ1v) is 7.12. The fraction of sp³-hybridized carbons (Fsp3) is 0.417. The molecule has 0 aromatic carbocycles. The van der Waals surface area contributed by atoms with Crippen molar-refractivity contribution in [3.05, 3.63) is 28.1 Å². The minimum absolute atomic E-state index is 0.00397. The Morgan fingerprint density at radius 2 is 2.39 bits per heavy atom. The van der Waals surface area contributed by atoms with Gasteiger partial charge < -0.3 is 5.43 Å². The van der Waals surface area contributed by atoms with Gasteiger partial charge in [-0.1, -0.05) is 6.08 Å². The zero-order valence-corrected chi connectivity index (χ0v) is 12.0. The lowest BCUT2D eigenvalue weighted by atomic mass is 10.2.